The molecule has 0 aliphatic carbocycles. The van der Waals surface area contributed by atoms with Crippen LogP contribution in [0.3, 0.4) is 0 Å². The summed E-state index contributed by atoms with van der Waals surface area (Å²) in [7, 11) is 0. The summed E-state index contributed by atoms with van der Waals surface area (Å²) in [5, 5.41) is 27.8. The average Bonchev–Trinajstić information content (AvgIpc) is 3.88. The maximum absolute atomic E-state index is 10.8. The first kappa shape index (κ1) is 30.7. The molecule has 0 radical (unpaired) electrons. The Kier molecular flexibility index (Phi) is 6.61. The minimum absolute atomic E-state index is 0.432. The van der Waals surface area contributed by atoms with Crippen LogP contribution in [0.4, 0.5) is 0 Å². The van der Waals surface area contributed by atoms with E-state index in [9.17, 15) is 10.5 Å². The topological polar surface area (TPSA) is 62.4 Å². The fourth-order valence-electron chi connectivity index (χ4n) is 8.76. The predicted molar refractivity (Wildman–Crippen MR) is 224 cm³/mol. The minimum atomic E-state index is 0.432. The van der Waals surface area contributed by atoms with Gasteiger partial charge in [0, 0.05) is 38.0 Å². The number of hydrogen-bond acceptors (Lipinski definition) is 2. The van der Waals surface area contributed by atoms with Crippen molar-refractivity contribution in [3.05, 3.63) is 187 Å². The Bertz CT molecular complexity index is 3400. The zero-order valence-electron chi connectivity index (χ0n) is 29.5. The van der Waals surface area contributed by atoms with Crippen molar-refractivity contribution in [1.29, 1.82) is 10.5 Å². The van der Waals surface area contributed by atoms with Crippen molar-refractivity contribution < 1.29 is 0 Å². The molecule has 0 unspecified atom stereocenters. The van der Waals surface area contributed by atoms with E-state index >= 15 is 0 Å². The molecule has 254 valence electrons. The molecule has 0 spiro atoms. The van der Waals surface area contributed by atoms with Gasteiger partial charge >= 0.3 is 0 Å². The Morgan fingerprint density at radius 3 is 1.45 bits per heavy atom. The lowest BCUT2D eigenvalue weighted by atomic mass is 10.0. The Morgan fingerprint density at radius 2 is 0.836 bits per heavy atom. The third-order valence-corrected chi connectivity index (χ3v) is 11.1. The van der Waals surface area contributed by atoms with Gasteiger partial charge in [0.05, 0.1) is 61.7 Å². The molecule has 0 aliphatic heterocycles. The molecule has 5 nitrogen and oxygen atoms in total. The lowest BCUT2D eigenvalue weighted by molar-refractivity contribution is 1.08. The average molecular weight is 700 g/mol. The van der Waals surface area contributed by atoms with Crippen molar-refractivity contribution in [2.24, 2.45) is 0 Å². The minimum Gasteiger partial charge on any atom is -0.309 e. The second-order valence-electron chi connectivity index (χ2n) is 14.0. The summed E-state index contributed by atoms with van der Waals surface area (Å²) in [6, 6.07) is 66.0. The van der Waals surface area contributed by atoms with Crippen molar-refractivity contribution >= 4 is 65.4 Å². The fraction of sp³-hybridized carbons (Fsp3) is 0. The van der Waals surface area contributed by atoms with Crippen molar-refractivity contribution in [1.82, 2.24) is 13.7 Å². The first-order valence-corrected chi connectivity index (χ1v) is 18.3. The Labute approximate surface area is 316 Å². The van der Waals surface area contributed by atoms with Crippen LogP contribution >= 0.6 is 0 Å². The van der Waals surface area contributed by atoms with Crippen molar-refractivity contribution in [3.8, 4) is 40.3 Å². The van der Waals surface area contributed by atoms with Crippen LogP contribution in [0.5, 0.6) is 0 Å². The molecule has 0 bridgehead atoms. The number of fused-ring (bicyclic) bond motifs is 9. The number of aromatic nitrogens is 3. The molecular formula is C50H29N5. The number of hydrogen-bond donors (Lipinski definition) is 0. The highest BCUT2D eigenvalue weighted by molar-refractivity contribution is 6.14. The van der Waals surface area contributed by atoms with Gasteiger partial charge in [-0.1, -0.05) is 109 Å². The number of para-hydroxylation sites is 5. The molecule has 5 heteroatoms. The molecule has 0 N–H and O–H groups in total. The van der Waals surface area contributed by atoms with Gasteiger partial charge in [-0.15, -0.1) is 0 Å². The summed E-state index contributed by atoms with van der Waals surface area (Å²) in [6.07, 6.45) is 0. The van der Waals surface area contributed by atoms with Crippen LogP contribution in [0.15, 0.2) is 176 Å². The van der Waals surface area contributed by atoms with E-state index in [2.05, 4.69) is 171 Å². The van der Waals surface area contributed by atoms with Gasteiger partial charge in [-0.25, -0.2) is 0 Å². The summed E-state index contributed by atoms with van der Waals surface area (Å²) in [5.41, 5.74) is 12.0. The Morgan fingerprint density at radius 1 is 0.345 bits per heavy atom. The highest BCUT2D eigenvalue weighted by atomic mass is 15.1. The normalized spacial score (nSPS) is 11.6. The molecule has 3 aromatic heterocycles. The van der Waals surface area contributed by atoms with Crippen molar-refractivity contribution in [2.75, 3.05) is 0 Å². The summed E-state index contributed by atoms with van der Waals surface area (Å²) in [4.78, 5) is 0. The lowest BCUT2D eigenvalue weighted by Crippen LogP contribution is -2.07. The molecule has 0 saturated carbocycles. The molecule has 0 atom stereocenters. The van der Waals surface area contributed by atoms with Crippen LogP contribution in [0, 0.1) is 22.7 Å². The molecule has 3 heterocycles. The third kappa shape index (κ3) is 4.45. The summed E-state index contributed by atoms with van der Waals surface area (Å²) < 4.78 is 6.77. The second kappa shape index (κ2) is 11.8. The largest absolute Gasteiger partial charge is 0.309 e. The van der Waals surface area contributed by atoms with Gasteiger partial charge in [-0.3, -0.25) is 0 Å². The summed E-state index contributed by atoms with van der Waals surface area (Å²) in [6.45, 7) is 0. The predicted octanol–water partition coefficient (Wildman–Crippen LogP) is 12.4. The first-order valence-electron chi connectivity index (χ1n) is 18.3. The number of benzene rings is 8. The molecule has 0 saturated heterocycles. The maximum atomic E-state index is 10.8. The van der Waals surface area contributed by atoms with E-state index < -0.39 is 0 Å². The second-order valence-corrected chi connectivity index (χ2v) is 14.0. The van der Waals surface area contributed by atoms with Crippen LogP contribution in [-0.2, 0) is 0 Å². The Balaban J connectivity index is 1.19. The first-order chi connectivity index (χ1) is 27.2. The number of nitrogens with zero attached hydrogens (tertiary/aromatic N) is 5. The maximum Gasteiger partial charge on any atom is 0.101 e. The van der Waals surface area contributed by atoms with E-state index in [-0.39, 0.29) is 0 Å². The SMILES string of the molecule is N#Cc1cc(C#N)c(-n2c3ccccc3c3cc(-c4ccc5c6ccccc6n(-c6ccccc6)c5c4)ccc32)c(-n2c3ccccc3c3ccccc32)c1. The van der Waals surface area contributed by atoms with Crippen LogP contribution in [0.2, 0.25) is 0 Å². The van der Waals surface area contributed by atoms with Gasteiger partial charge in [0.25, 0.3) is 0 Å². The zero-order valence-corrected chi connectivity index (χ0v) is 29.5. The highest BCUT2D eigenvalue weighted by Gasteiger charge is 2.23. The monoisotopic (exact) mass is 699 g/mol. The molecular weight excluding hydrogens is 671 g/mol. The fourth-order valence-corrected chi connectivity index (χ4v) is 8.76. The van der Waals surface area contributed by atoms with Crippen LogP contribution < -0.4 is 0 Å². The van der Waals surface area contributed by atoms with E-state index in [0.717, 1.165) is 77.3 Å². The van der Waals surface area contributed by atoms with Gasteiger partial charge in [-0.2, -0.15) is 10.5 Å². The van der Waals surface area contributed by atoms with Crippen LogP contribution in [0.1, 0.15) is 11.1 Å². The standard InChI is InChI=1S/C50H29N5/c51-30-32-26-35(31-52)50(49(27-32)54-44-19-9-5-14-37(44)38-15-6-10-20-45(38)54)55-46-21-11-7-17-40(46)42-28-33(23-25-47(42)55)34-22-24-41-39-16-4-8-18-43(39)53(48(41)29-34)36-12-2-1-3-13-36/h1-29H. The van der Waals surface area contributed by atoms with E-state index in [1.165, 1.54) is 16.3 Å². The Hall–Kier alpha value is -7.86. The van der Waals surface area contributed by atoms with Gasteiger partial charge in [0.2, 0.25) is 0 Å². The molecule has 0 aliphatic rings. The number of rotatable bonds is 4. The molecule has 55 heavy (non-hydrogen) atoms. The van der Waals surface area contributed by atoms with Gasteiger partial charge < -0.3 is 13.7 Å². The van der Waals surface area contributed by atoms with Crippen molar-refractivity contribution in [2.45, 2.75) is 0 Å². The van der Waals surface area contributed by atoms with Gasteiger partial charge in [-0.05, 0) is 77.9 Å². The molecule has 11 rings (SSSR count). The van der Waals surface area contributed by atoms with E-state index in [1.54, 1.807) is 6.07 Å². The quantitative estimate of drug-likeness (QED) is 0.184. The van der Waals surface area contributed by atoms with E-state index in [0.29, 0.717) is 11.1 Å². The number of nitriles is 2. The van der Waals surface area contributed by atoms with E-state index in [4.69, 9.17) is 0 Å². The van der Waals surface area contributed by atoms with Gasteiger partial charge in [0.1, 0.15) is 6.07 Å². The lowest BCUT2D eigenvalue weighted by Gasteiger charge is -2.18. The highest BCUT2D eigenvalue weighted by Crippen LogP contribution is 2.42. The third-order valence-electron chi connectivity index (χ3n) is 11.1. The van der Waals surface area contributed by atoms with Gasteiger partial charge in [0.15, 0.2) is 0 Å². The van der Waals surface area contributed by atoms with Crippen LogP contribution in [-0.4, -0.2) is 13.7 Å². The molecule has 8 aromatic carbocycles. The van der Waals surface area contributed by atoms with Crippen LogP contribution in [0.25, 0.3) is 93.6 Å². The summed E-state index contributed by atoms with van der Waals surface area (Å²) in [5.74, 6) is 0. The molecule has 0 fully saturated rings. The molecule has 11 aromatic rings. The van der Waals surface area contributed by atoms with Crippen molar-refractivity contribution in [3.63, 3.8) is 0 Å². The molecule has 0 amide bonds. The van der Waals surface area contributed by atoms with E-state index in [1.807, 2.05) is 24.3 Å². The summed E-state index contributed by atoms with van der Waals surface area (Å²) >= 11 is 0. The smallest absolute Gasteiger partial charge is 0.101 e. The zero-order chi connectivity index (χ0) is 36.6.